The van der Waals surface area contributed by atoms with Crippen molar-refractivity contribution in [2.24, 2.45) is 0 Å². The van der Waals surface area contributed by atoms with E-state index in [9.17, 15) is 19.7 Å². The Morgan fingerprint density at radius 3 is 2.72 bits per heavy atom. The number of benzene rings is 1. The van der Waals surface area contributed by atoms with Crippen LogP contribution in [0.15, 0.2) is 48.4 Å². The van der Waals surface area contributed by atoms with E-state index in [4.69, 9.17) is 5.11 Å². The fraction of sp³-hybridized carbons (Fsp3) is 0.133. The summed E-state index contributed by atoms with van der Waals surface area (Å²) < 4.78 is 1.30. The van der Waals surface area contributed by atoms with Crippen LogP contribution in [0.2, 0.25) is 0 Å². The lowest BCUT2D eigenvalue weighted by Gasteiger charge is -2.15. The van der Waals surface area contributed by atoms with E-state index in [1.807, 2.05) is 0 Å². The first kappa shape index (κ1) is 16.3. The molecular weight excluding hydrogens is 330 g/mol. The van der Waals surface area contributed by atoms with Gasteiger partial charge in [-0.05, 0) is 12.1 Å². The number of rotatable bonds is 6. The minimum absolute atomic E-state index is 0.0487. The Morgan fingerprint density at radius 1 is 1.28 bits per heavy atom. The summed E-state index contributed by atoms with van der Waals surface area (Å²) in [4.78, 5) is 35.2. The van der Waals surface area contributed by atoms with Crippen molar-refractivity contribution in [3.63, 3.8) is 0 Å². The van der Waals surface area contributed by atoms with Gasteiger partial charge in [-0.15, -0.1) is 0 Å². The van der Waals surface area contributed by atoms with Crippen LogP contribution in [0.25, 0.3) is 5.69 Å². The topological polar surface area (TPSA) is 131 Å². The van der Waals surface area contributed by atoms with Gasteiger partial charge in [0.25, 0.3) is 11.8 Å². The Hall–Kier alpha value is -3.53. The Morgan fingerprint density at radius 2 is 2.04 bits per heavy atom. The lowest BCUT2D eigenvalue weighted by Crippen LogP contribution is -2.34. The number of nitrogens with zero attached hydrogens (tertiary/aromatic N) is 4. The summed E-state index contributed by atoms with van der Waals surface area (Å²) in [6, 6.07) is 6.72. The zero-order valence-corrected chi connectivity index (χ0v) is 12.8. The van der Waals surface area contributed by atoms with Crippen LogP contribution in [0, 0.1) is 10.1 Å². The van der Waals surface area contributed by atoms with E-state index in [2.05, 4.69) is 10.4 Å². The SMILES string of the molecule is O=C1C=C(Nc2ccccc2-n2cc([N+](=O)[O-])cn2)C(=O)N1CCO. The number of aliphatic hydroxyl groups is 1. The maximum atomic E-state index is 12.2. The number of carbonyl (C=O) groups is 2. The lowest BCUT2D eigenvalue weighted by molar-refractivity contribution is -0.384. The summed E-state index contributed by atoms with van der Waals surface area (Å²) in [5.41, 5.74) is 0.791. The predicted octanol–water partition coefficient (Wildman–Crippen LogP) is 0.437. The Balaban J connectivity index is 1.89. The second-order valence-electron chi connectivity index (χ2n) is 5.12. The molecule has 1 aromatic carbocycles. The Bertz CT molecular complexity index is 888. The normalized spacial score (nSPS) is 14.0. The molecule has 1 aliphatic rings. The number of para-hydroxylation sites is 2. The summed E-state index contributed by atoms with van der Waals surface area (Å²) in [6.07, 6.45) is 3.50. The summed E-state index contributed by atoms with van der Waals surface area (Å²) >= 11 is 0. The van der Waals surface area contributed by atoms with E-state index < -0.39 is 16.7 Å². The number of β-amino-alcohol motifs (C(OH)–C–C–N with tert-alkyl or cyclic N) is 1. The predicted molar refractivity (Wildman–Crippen MR) is 85.7 cm³/mol. The molecule has 0 unspecified atom stereocenters. The van der Waals surface area contributed by atoms with Crippen LogP contribution in [-0.2, 0) is 9.59 Å². The second kappa shape index (κ2) is 6.53. The van der Waals surface area contributed by atoms with Crippen molar-refractivity contribution < 1.29 is 19.6 Å². The molecule has 0 fully saturated rings. The Kier molecular flexibility index (Phi) is 4.27. The van der Waals surface area contributed by atoms with Crippen molar-refractivity contribution in [1.82, 2.24) is 14.7 Å². The smallest absolute Gasteiger partial charge is 0.307 e. The third-order valence-electron chi connectivity index (χ3n) is 3.53. The number of anilines is 1. The highest BCUT2D eigenvalue weighted by atomic mass is 16.6. The maximum Gasteiger partial charge on any atom is 0.307 e. The minimum Gasteiger partial charge on any atom is -0.395 e. The molecule has 25 heavy (non-hydrogen) atoms. The summed E-state index contributed by atoms with van der Waals surface area (Å²) in [5.74, 6) is -1.07. The lowest BCUT2D eigenvalue weighted by atomic mass is 10.2. The molecular formula is C15H13N5O5. The molecule has 2 amide bonds. The second-order valence-corrected chi connectivity index (χ2v) is 5.12. The third kappa shape index (κ3) is 3.10. The van der Waals surface area contributed by atoms with E-state index >= 15 is 0 Å². The van der Waals surface area contributed by atoms with E-state index in [-0.39, 0.29) is 24.5 Å². The molecule has 3 rings (SSSR count). The van der Waals surface area contributed by atoms with Crippen molar-refractivity contribution in [1.29, 1.82) is 0 Å². The number of carbonyl (C=O) groups excluding carboxylic acids is 2. The van der Waals surface area contributed by atoms with E-state index in [0.717, 1.165) is 17.2 Å². The number of aromatic nitrogens is 2. The van der Waals surface area contributed by atoms with Crippen LogP contribution in [0.4, 0.5) is 11.4 Å². The number of nitrogens with one attached hydrogen (secondary N) is 1. The molecule has 2 aromatic rings. The molecule has 0 saturated heterocycles. The first-order chi connectivity index (χ1) is 12.0. The van der Waals surface area contributed by atoms with Crippen LogP contribution in [-0.4, -0.2) is 49.7 Å². The number of amides is 2. The number of nitro groups is 1. The van der Waals surface area contributed by atoms with Gasteiger partial charge in [-0.1, -0.05) is 12.1 Å². The van der Waals surface area contributed by atoms with Gasteiger partial charge in [-0.25, -0.2) is 4.68 Å². The van der Waals surface area contributed by atoms with Gasteiger partial charge < -0.3 is 10.4 Å². The van der Waals surface area contributed by atoms with Gasteiger partial charge in [0, 0.05) is 6.08 Å². The molecule has 0 atom stereocenters. The zero-order valence-electron chi connectivity index (χ0n) is 12.8. The molecule has 2 heterocycles. The van der Waals surface area contributed by atoms with Crippen molar-refractivity contribution in [2.45, 2.75) is 0 Å². The van der Waals surface area contributed by atoms with Crippen molar-refractivity contribution in [2.75, 3.05) is 18.5 Å². The first-order valence-corrected chi connectivity index (χ1v) is 7.25. The van der Waals surface area contributed by atoms with Gasteiger partial charge in [0.05, 0.1) is 29.4 Å². The van der Waals surface area contributed by atoms with Crippen molar-refractivity contribution in [3.8, 4) is 5.69 Å². The largest absolute Gasteiger partial charge is 0.395 e. The average molecular weight is 343 g/mol. The highest BCUT2D eigenvalue weighted by Gasteiger charge is 2.31. The average Bonchev–Trinajstić information content (AvgIpc) is 3.17. The summed E-state index contributed by atoms with van der Waals surface area (Å²) in [6.45, 7) is -0.418. The van der Waals surface area contributed by atoms with Gasteiger partial charge in [0.2, 0.25) is 0 Å². The van der Waals surface area contributed by atoms with Crippen LogP contribution < -0.4 is 5.32 Å². The molecule has 0 radical (unpaired) electrons. The van der Waals surface area contributed by atoms with Gasteiger partial charge in [-0.3, -0.25) is 24.6 Å². The van der Waals surface area contributed by atoms with Crippen molar-refractivity contribution in [3.05, 3.63) is 58.5 Å². The number of hydrogen-bond acceptors (Lipinski definition) is 7. The molecule has 0 aliphatic carbocycles. The summed E-state index contributed by atoms with van der Waals surface area (Å²) in [5, 5.41) is 26.5. The van der Waals surface area contributed by atoms with Crippen LogP contribution in [0.1, 0.15) is 0 Å². The molecule has 0 saturated carbocycles. The monoisotopic (exact) mass is 343 g/mol. The quantitative estimate of drug-likeness (QED) is 0.442. The fourth-order valence-corrected chi connectivity index (χ4v) is 2.37. The standard InChI is InChI=1S/C15H13N5O5/c21-6-5-18-14(22)7-12(15(18)23)17-11-3-1-2-4-13(11)19-9-10(8-16-19)20(24)25/h1-4,7-9,17,21H,5-6H2. The van der Waals surface area contributed by atoms with Gasteiger partial charge >= 0.3 is 5.69 Å². The van der Waals surface area contributed by atoms with Crippen LogP contribution >= 0.6 is 0 Å². The Labute approximate surface area is 141 Å². The van der Waals surface area contributed by atoms with Gasteiger partial charge in [-0.2, -0.15) is 5.10 Å². The van der Waals surface area contributed by atoms with E-state index in [0.29, 0.717) is 11.4 Å². The molecule has 128 valence electrons. The van der Waals surface area contributed by atoms with Crippen LogP contribution in [0.3, 0.4) is 0 Å². The van der Waals surface area contributed by atoms with Gasteiger partial charge in [0.15, 0.2) is 0 Å². The highest BCUT2D eigenvalue weighted by molar-refractivity contribution is 6.17. The van der Waals surface area contributed by atoms with Crippen LogP contribution in [0.5, 0.6) is 0 Å². The third-order valence-corrected chi connectivity index (χ3v) is 3.53. The molecule has 2 N–H and O–H groups in total. The number of hydrogen-bond donors (Lipinski definition) is 2. The molecule has 0 spiro atoms. The van der Waals surface area contributed by atoms with Gasteiger partial charge in [0.1, 0.15) is 18.1 Å². The molecule has 10 nitrogen and oxygen atoms in total. The van der Waals surface area contributed by atoms with Crippen molar-refractivity contribution >= 4 is 23.2 Å². The highest BCUT2D eigenvalue weighted by Crippen LogP contribution is 2.24. The molecule has 1 aliphatic heterocycles. The molecule has 0 bridgehead atoms. The number of imide groups is 1. The molecule has 1 aromatic heterocycles. The first-order valence-electron chi connectivity index (χ1n) is 7.25. The fourth-order valence-electron chi connectivity index (χ4n) is 2.37. The summed E-state index contributed by atoms with van der Waals surface area (Å²) in [7, 11) is 0. The maximum absolute atomic E-state index is 12.2. The zero-order chi connectivity index (χ0) is 18.0. The molecule has 10 heteroatoms. The van der Waals surface area contributed by atoms with E-state index in [1.165, 1.54) is 10.9 Å². The number of aliphatic hydroxyl groups excluding tert-OH is 1. The minimum atomic E-state index is -0.562. The van der Waals surface area contributed by atoms with E-state index in [1.54, 1.807) is 24.3 Å².